The molecule has 114 valence electrons. The molecule has 0 spiro atoms. The minimum absolute atomic E-state index is 0.0384. The van der Waals surface area contributed by atoms with Gasteiger partial charge in [0.2, 0.25) is 0 Å². The van der Waals surface area contributed by atoms with Gasteiger partial charge in [0, 0.05) is 17.1 Å². The Labute approximate surface area is 123 Å². The maximum absolute atomic E-state index is 10.6. The van der Waals surface area contributed by atoms with Crippen molar-refractivity contribution in [1.29, 1.82) is 0 Å². The molecular formula is C17H29NO2. The van der Waals surface area contributed by atoms with Crippen LogP contribution in [-0.4, -0.2) is 23.8 Å². The maximum Gasteiger partial charge on any atom is 0.124 e. The summed E-state index contributed by atoms with van der Waals surface area (Å²) in [4.78, 5) is 0. The number of methoxy groups -OCH3 is 1. The summed E-state index contributed by atoms with van der Waals surface area (Å²) >= 11 is 0. The van der Waals surface area contributed by atoms with Gasteiger partial charge in [0.05, 0.1) is 13.2 Å². The molecule has 0 aliphatic carbocycles. The van der Waals surface area contributed by atoms with E-state index in [-0.39, 0.29) is 11.6 Å². The third-order valence-electron chi connectivity index (χ3n) is 3.37. The number of nitrogens with one attached hydrogen (secondary N) is 1. The van der Waals surface area contributed by atoms with Crippen molar-refractivity contribution in [2.45, 2.75) is 65.1 Å². The Morgan fingerprint density at radius 2 is 1.75 bits per heavy atom. The molecule has 1 aromatic carbocycles. The second kappa shape index (κ2) is 6.59. The van der Waals surface area contributed by atoms with Gasteiger partial charge < -0.3 is 15.2 Å². The van der Waals surface area contributed by atoms with Crippen molar-refractivity contribution in [3.8, 4) is 5.75 Å². The van der Waals surface area contributed by atoms with Gasteiger partial charge in [0.15, 0.2) is 0 Å². The highest BCUT2D eigenvalue weighted by molar-refractivity contribution is 5.40. The average molecular weight is 279 g/mol. The van der Waals surface area contributed by atoms with Crippen molar-refractivity contribution in [1.82, 2.24) is 5.32 Å². The Morgan fingerprint density at radius 1 is 1.15 bits per heavy atom. The number of benzene rings is 1. The standard InChI is InChI=1S/C17H29NO2/c1-11(2)13-8-9-15(20-7)14(10-13)16(19)12(3)18-17(4,5)6/h8-12,16,18-19H,1-7H3. The van der Waals surface area contributed by atoms with Crippen LogP contribution in [0.4, 0.5) is 0 Å². The minimum Gasteiger partial charge on any atom is -0.496 e. The van der Waals surface area contributed by atoms with Gasteiger partial charge in [0.25, 0.3) is 0 Å². The summed E-state index contributed by atoms with van der Waals surface area (Å²) in [7, 11) is 1.64. The molecule has 1 rings (SSSR count). The summed E-state index contributed by atoms with van der Waals surface area (Å²) in [5.74, 6) is 1.17. The molecule has 1 aromatic rings. The lowest BCUT2D eigenvalue weighted by Gasteiger charge is -2.30. The van der Waals surface area contributed by atoms with Gasteiger partial charge >= 0.3 is 0 Å². The zero-order valence-corrected chi connectivity index (χ0v) is 13.8. The van der Waals surface area contributed by atoms with E-state index in [4.69, 9.17) is 4.74 Å². The van der Waals surface area contributed by atoms with Crippen LogP contribution in [0.25, 0.3) is 0 Å². The van der Waals surface area contributed by atoms with Crippen molar-refractivity contribution in [2.24, 2.45) is 0 Å². The van der Waals surface area contributed by atoms with Crippen molar-refractivity contribution in [3.63, 3.8) is 0 Å². The van der Waals surface area contributed by atoms with Crippen molar-refractivity contribution >= 4 is 0 Å². The molecule has 0 aromatic heterocycles. The topological polar surface area (TPSA) is 41.5 Å². The third kappa shape index (κ3) is 4.50. The largest absolute Gasteiger partial charge is 0.496 e. The lowest BCUT2D eigenvalue weighted by atomic mass is 9.94. The van der Waals surface area contributed by atoms with Gasteiger partial charge in [-0.25, -0.2) is 0 Å². The number of aliphatic hydroxyl groups excluding tert-OH is 1. The Hall–Kier alpha value is -1.06. The summed E-state index contributed by atoms with van der Waals surface area (Å²) in [6, 6.07) is 6.00. The second-order valence-corrected chi connectivity index (χ2v) is 6.78. The van der Waals surface area contributed by atoms with Crippen LogP contribution in [0.5, 0.6) is 5.75 Å². The third-order valence-corrected chi connectivity index (χ3v) is 3.37. The van der Waals surface area contributed by atoms with E-state index in [0.29, 0.717) is 5.92 Å². The first-order valence-corrected chi connectivity index (χ1v) is 7.29. The van der Waals surface area contributed by atoms with Gasteiger partial charge in [-0.15, -0.1) is 0 Å². The summed E-state index contributed by atoms with van der Waals surface area (Å²) in [6.07, 6.45) is -0.595. The fourth-order valence-electron chi connectivity index (χ4n) is 2.37. The minimum atomic E-state index is -0.595. The van der Waals surface area contributed by atoms with E-state index in [0.717, 1.165) is 11.3 Å². The smallest absolute Gasteiger partial charge is 0.124 e. The molecule has 0 bridgehead atoms. The fraction of sp³-hybridized carbons (Fsp3) is 0.647. The van der Waals surface area contributed by atoms with Crippen molar-refractivity contribution < 1.29 is 9.84 Å². The molecule has 3 nitrogen and oxygen atoms in total. The monoisotopic (exact) mass is 279 g/mol. The maximum atomic E-state index is 10.6. The van der Waals surface area contributed by atoms with Crippen molar-refractivity contribution in [2.75, 3.05) is 7.11 Å². The van der Waals surface area contributed by atoms with Crippen LogP contribution in [0.2, 0.25) is 0 Å². The van der Waals surface area contributed by atoms with Crippen LogP contribution in [0.15, 0.2) is 18.2 Å². The molecule has 2 N–H and O–H groups in total. The van der Waals surface area contributed by atoms with Crippen LogP contribution in [0.1, 0.15) is 64.7 Å². The van der Waals surface area contributed by atoms with E-state index in [2.05, 4.69) is 52.1 Å². The number of aliphatic hydroxyl groups is 1. The van der Waals surface area contributed by atoms with Crippen LogP contribution in [0.3, 0.4) is 0 Å². The predicted molar refractivity (Wildman–Crippen MR) is 84.4 cm³/mol. The van der Waals surface area contributed by atoms with Crippen LogP contribution in [-0.2, 0) is 0 Å². The summed E-state index contributed by atoms with van der Waals surface area (Å²) in [6.45, 7) is 12.6. The van der Waals surface area contributed by atoms with E-state index in [9.17, 15) is 5.11 Å². The molecule has 0 saturated heterocycles. The van der Waals surface area contributed by atoms with Crippen LogP contribution < -0.4 is 10.1 Å². The van der Waals surface area contributed by atoms with Gasteiger partial charge in [-0.05, 0) is 51.3 Å². The lowest BCUT2D eigenvalue weighted by Crippen LogP contribution is -2.45. The second-order valence-electron chi connectivity index (χ2n) is 6.78. The normalized spacial score (nSPS) is 15.2. The van der Waals surface area contributed by atoms with Crippen LogP contribution >= 0.6 is 0 Å². The lowest BCUT2D eigenvalue weighted by molar-refractivity contribution is 0.118. The molecule has 2 atom stereocenters. The summed E-state index contributed by atoms with van der Waals surface area (Å²) < 4.78 is 5.39. The van der Waals surface area contributed by atoms with E-state index in [1.54, 1.807) is 7.11 Å². The molecule has 0 fully saturated rings. The van der Waals surface area contributed by atoms with Gasteiger partial charge in [-0.2, -0.15) is 0 Å². The molecule has 0 aliphatic rings. The first-order chi connectivity index (χ1) is 9.15. The van der Waals surface area contributed by atoms with E-state index in [1.807, 2.05) is 13.0 Å². The van der Waals surface area contributed by atoms with E-state index in [1.165, 1.54) is 5.56 Å². The first kappa shape index (κ1) is 17.0. The highest BCUT2D eigenvalue weighted by Crippen LogP contribution is 2.31. The molecule has 0 heterocycles. The highest BCUT2D eigenvalue weighted by Gasteiger charge is 2.24. The quantitative estimate of drug-likeness (QED) is 0.865. The summed E-state index contributed by atoms with van der Waals surface area (Å²) in [5, 5.41) is 14.0. The highest BCUT2D eigenvalue weighted by atomic mass is 16.5. The Kier molecular flexibility index (Phi) is 5.60. The number of ether oxygens (including phenoxy) is 1. The number of hydrogen-bond acceptors (Lipinski definition) is 3. The van der Waals surface area contributed by atoms with Gasteiger partial charge in [0.1, 0.15) is 5.75 Å². The van der Waals surface area contributed by atoms with E-state index < -0.39 is 6.10 Å². The molecule has 0 aliphatic heterocycles. The van der Waals surface area contributed by atoms with Gasteiger partial charge in [-0.1, -0.05) is 19.9 Å². The number of rotatable bonds is 5. The Morgan fingerprint density at radius 3 is 2.20 bits per heavy atom. The fourth-order valence-corrected chi connectivity index (χ4v) is 2.37. The molecule has 0 saturated carbocycles. The molecule has 20 heavy (non-hydrogen) atoms. The predicted octanol–water partition coefficient (Wildman–Crippen LogP) is 3.63. The molecule has 2 unspecified atom stereocenters. The molecule has 0 radical (unpaired) electrons. The SMILES string of the molecule is COc1ccc(C(C)C)cc1C(O)C(C)NC(C)(C)C. The van der Waals surface area contributed by atoms with Gasteiger partial charge in [-0.3, -0.25) is 0 Å². The van der Waals surface area contributed by atoms with Crippen molar-refractivity contribution in [3.05, 3.63) is 29.3 Å². The zero-order chi connectivity index (χ0) is 15.5. The Bertz CT molecular complexity index is 435. The number of hydrogen-bond donors (Lipinski definition) is 2. The average Bonchev–Trinajstić information content (AvgIpc) is 2.34. The molecule has 0 amide bonds. The first-order valence-electron chi connectivity index (χ1n) is 7.29. The molecular weight excluding hydrogens is 250 g/mol. The zero-order valence-electron chi connectivity index (χ0n) is 13.8. The van der Waals surface area contributed by atoms with E-state index >= 15 is 0 Å². The molecule has 3 heteroatoms. The summed E-state index contributed by atoms with van der Waals surface area (Å²) in [5.41, 5.74) is 2.02. The Balaban J connectivity index is 3.06. The van der Waals surface area contributed by atoms with Crippen LogP contribution in [0, 0.1) is 0 Å².